The largest absolute Gasteiger partial charge is 0.748 e. The van der Waals surface area contributed by atoms with E-state index >= 15 is 0 Å². The van der Waals surface area contributed by atoms with E-state index in [-0.39, 0.29) is 17.8 Å². The molecule has 0 rings (SSSR count). The van der Waals surface area contributed by atoms with Crippen LogP contribution in [0.15, 0.2) is 12.2 Å². The van der Waals surface area contributed by atoms with Gasteiger partial charge in [0.2, 0.25) is 0 Å². The smallest absolute Gasteiger partial charge is 0.333 e. The average Bonchev–Trinajstić information content (AvgIpc) is 2.44. The van der Waals surface area contributed by atoms with Crippen molar-refractivity contribution in [2.75, 3.05) is 31.9 Å². The minimum atomic E-state index is -4.17. The van der Waals surface area contributed by atoms with Gasteiger partial charge in [0.05, 0.1) is 36.3 Å². The van der Waals surface area contributed by atoms with Crippen LogP contribution >= 0.6 is 0 Å². The number of quaternary nitrogens is 1. The van der Waals surface area contributed by atoms with Crippen LogP contribution < -0.4 is 0 Å². The van der Waals surface area contributed by atoms with Crippen LogP contribution in [0.1, 0.15) is 53.4 Å². The number of hydrogen-bond donors (Lipinski definition) is 0. The summed E-state index contributed by atoms with van der Waals surface area (Å²) in [5.74, 6) is -0.704. The maximum atomic E-state index is 11.6. The fourth-order valence-corrected chi connectivity index (χ4v) is 3.48. The number of hydrogen-bond acceptors (Lipinski definition) is 5. The molecule has 0 radical (unpaired) electrons. The average molecular weight is 364 g/mol. The van der Waals surface area contributed by atoms with Gasteiger partial charge >= 0.3 is 5.97 Å². The van der Waals surface area contributed by atoms with Gasteiger partial charge in [-0.1, -0.05) is 20.4 Å². The fraction of sp³-hybridized carbons (Fsp3) is 0.824. The van der Waals surface area contributed by atoms with Crippen LogP contribution in [0.2, 0.25) is 0 Å². The third-order valence-corrected chi connectivity index (χ3v) is 4.88. The number of esters is 1. The molecule has 1 unspecified atom stereocenters. The van der Waals surface area contributed by atoms with Crippen LogP contribution in [-0.4, -0.2) is 61.5 Å². The van der Waals surface area contributed by atoms with Crippen molar-refractivity contribution >= 4 is 16.1 Å². The molecule has 0 saturated heterocycles. The van der Waals surface area contributed by atoms with Crippen molar-refractivity contribution in [3.05, 3.63) is 12.2 Å². The van der Waals surface area contributed by atoms with Crippen molar-refractivity contribution in [3.63, 3.8) is 0 Å². The van der Waals surface area contributed by atoms with E-state index in [2.05, 4.69) is 20.4 Å². The number of carbonyl (C=O) groups is 1. The quantitative estimate of drug-likeness (QED) is 0.217. The van der Waals surface area contributed by atoms with E-state index in [1.807, 2.05) is 6.92 Å². The highest BCUT2D eigenvalue weighted by atomic mass is 32.2. The van der Waals surface area contributed by atoms with Crippen LogP contribution in [0.3, 0.4) is 0 Å². The highest BCUT2D eigenvalue weighted by Gasteiger charge is 2.26. The molecule has 0 fully saturated rings. The van der Waals surface area contributed by atoms with E-state index in [1.165, 1.54) is 0 Å². The molecule has 0 aliphatic carbocycles. The molecular formula is C17H33NO5S. The number of ether oxygens (including phenoxy) is 1. The summed E-state index contributed by atoms with van der Waals surface area (Å²) in [5, 5.41) is 0. The van der Waals surface area contributed by atoms with Crippen LogP contribution in [-0.2, 0) is 19.6 Å². The van der Waals surface area contributed by atoms with E-state index < -0.39 is 10.1 Å². The summed E-state index contributed by atoms with van der Waals surface area (Å²) in [6.07, 6.45) is 2.80. The van der Waals surface area contributed by atoms with Crippen molar-refractivity contribution in [2.24, 2.45) is 0 Å². The summed E-state index contributed by atoms with van der Waals surface area (Å²) in [5.41, 5.74) is 0.380. The Morgan fingerprint density at radius 1 is 1.17 bits per heavy atom. The van der Waals surface area contributed by atoms with E-state index in [9.17, 15) is 17.8 Å². The lowest BCUT2D eigenvalue weighted by molar-refractivity contribution is -0.928. The van der Waals surface area contributed by atoms with Crippen molar-refractivity contribution in [1.82, 2.24) is 0 Å². The first-order chi connectivity index (χ1) is 11.0. The van der Waals surface area contributed by atoms with E-state index in [0.29, 0.717) is 25.0 Å². The van der Waals surface area contributed by atoms with Crippen molar-refractivity contribution in [3.8, 4) is 0 Å². The highest BCUT2D eigenvalue weighted by molar-refractivity contribution is 7.85. The molecule has 0 heterocycles. The normalized spacial score (nSPS) is 13.5. The van der Waals surface area contributed by atoms with Crippen LogP contribution in [0.5, 0.6) is 0 Å². The van der Waals surface area contributed by atoms with Crippen LogP contribution in [0.4, 0.5) is 0 Å². The zero-order valence-corrected chi connectivity index (χ0v) is 16.4. The Kier molecular flexibility index (Phi) is 10.4. The zero-order valence-electron chi connectivity index (χ0n) is 15.5. The number of carbonyl (C=O) groups excluding carboxylic acids is 1. The molecule has 0 aliphatic rings. The van der Waals surface area contributed by atoms with Gasteiger partial charge < -0.3 is 13.8 Å². The molecule has 0 bridgehead atoms. The maximum absolute atomic E-state index is 11.6. The second-order valence-corrected chi connectivity index (χ2v) is 8.16. The lowest BCUT2D eigenvalue weighted by atomic mass is 10.1. The first kappa shape index (κ1) is 23.1. The lowest BCUT2D eigenvalue weighted by Gasteiger charge is -2.39. The zero-order chi connectivity index (χ0) is 18.8. The van der Waals surface area contributed by atoms with Gasteiger partial charge in [0, 0.05) is 24.2 Å². The summed E-state index contributed by atoms with van der Waals surface area (Å²) in [7, 11) is -4.17. The topological polar surface area (TPSA) is 83.5 Å². The summed E-state index contributed by atoms with van der Waals surface area (Å²) < 4.78 is 38.7. The first-order valence-corrected chi connectivity index (χ1v) is 10.3. The molecule has 0 aromatic rings. The first-order valence-electron chi connectivity index (χ1n) is 8.70. The molecular weight excluding hydrogens is 330 g/mol. The van der Waals surface area contributed by atoms with Gasteiger partial charge in [0.15, 0.2) is 0 Å². The van der Waals surface area contributed by atoms with Gasteiger partial charge in [-0.15, -0.1) is 0 Å². The van der Waals surface area contributed by atoms with Gasteiger partial charge in [-0.25, -0.2) is 13.2 Å². The Morgan fingerprint density at radius 3 is 2.12 bits per heavy atom. The monoisotopic (exact) mass is 363 g/mol. The molecule has 24 heavy (non-hydrogen) atoms. The summed E-state index contributed by atoms with van der Waals surface area (Å²) in [6.45, 7) is 14.5. The Bertz CT molecular complexity index is 495. The fourth-order valence-electron chi connectivity index (χ4n) is 2.99. The van der Waals surface area contributed by atoms with E-state index in [4.69, 9.17) is 4.74 Å². The predicted octanol–water partition coefficient (Wildman–Crippen LogP) is 2.46. The lowest BCUT2D eigenvalue weighted by Crippen LogP contribution is -2.51. The van der Waals surface area contributed by atoms with Gasteiger partial charge in [0.1, 0.15) is 6.10 Å². The van der Waals surface area contributed by atoms with Crippen molar-refractivity contribution in [2.45, 2.75) is 59.5 Å². The van der Waals surface area contributed by atoms with E-state index in [0.717, 1.165) is 37.0 Å². The summed E-state index contributed by atoms with van der Waals surface area (Å²) >= 11 is 0. The van der Waals surface area contributed by atoms with Crippen molar-refractivity contribution in [1.29, 1.82) is 0 Å². The van der Waals surface area contributed by atoms with Gasteiger partial charge in [-0.2, -0.15) is 0 Å². The number of rotatable bonds is 13. The minimum Gasteiger partial charge on any atom is -0.748 e. The molecule has 0 aliphatic heterocycles. The summed E-state index contributed by atoms with van der Waals surface area (Å²) in [6, 6.07) is 0. The SMILES string of the molecule is C=C(C)C(=O)OC(C)CC[N+](CCC)(CCC)CCCS(=O)(=O)[O-]. The molecule has 0 spiro atoms. The Balaban J connectivity index is 4.79. The van der Waals surface area contributed by atoms with E-state index in [1.54, 1.807) is 6.92 Å². The van der Waals surface area contributed by atoms with Gasteiger partial charge in [0.25, 0.3) is 0 Å². The predicted molar refractivity (Wildman–Crippen MR) is 94.5 cm³/mol. The maximum Gasteiger partial charge on any atom is 0.333 e. The number of nitrogens with zero attached hydrogens (tertiary/aromatic N) is 1. The Hall–Kier alpha value is -0.920. The summed E-state index contributed by atoms with van der Waals surface area (Å²) in [4.78, 5) is 11.6. The Morgan fingerprint density at radius 2 is 1.71 bits per heavy atom. The van der Waals surface area contributed by atoms with Crippen LogP contribution in [0, 0.1) is 0 Å². The molecule has 0 aromatic carbocycles. The van der Waals surface area contributed by atoms with Gasteiger partial charge in [-0.05, 0) is 26.7 Å². The van der Waals surface area contributed by atoms with Crippen LogP contribution in [0.25, 0.3) is 0 Å². The molecule has 0 saturated carbocycles. The third-order valence-electron chi connectivity index (χ3n) is 4.09. The minimum absolute atomic E-state index is 0.219. The second kappa shape index (κ2) is 10.8. The molecule has 1 atom stereocenters. The molecule has 142 valence electrons. The molecule has 0 aromatic heterocycles. The second-order valence-electron chi connectivity index (χ2n) is 6.64. The standard InChI is InChI=1S/C17H33NO5S/c1-6-10-18(11-7-2,12-8-14-24(20,21)22)13-9-16(5)23-17(19)15(3)4/h16H,3,6-14H2,1-2,4-5H3. The molecule has 0 N–H and O–H groups in total. The third kappa shape index (κ3) is 10.1. The molecule has 6 nitrogen and oxygen atoms in total. The molecule has 7 heteroatoms. The van der Waals surface area contributed by atoms with Crippen molar-refractivity contribution < 1.29 is 27.0 Å². The highest BCUT2D eigenvalue weighted by Crippen LogP contribution is 2.16. The van der Waals surface area contributed by atoms with Gasteiger partial charge in [-0.3, -0.25) is 0 Å². The Labute approximate surface area is 147 Å². The molecule has 0 amide bonds.